The van der Waals surface area contributed by atoms with Crippen molar-refractivity contribution in [2.24, 2.45) is 0 Å². The molecule has 0 fully saturated rings. The topological polar surface area (TPSA) is 48.1 Å². The van der Waals surface area contributed by atoms with Gasteiger partial charge in [0.15, 0.2) is 0 Å². The molecule has 2 N–H and O–H groups in total. The lowest BCUT2D eigenvalue weighted by Crippen LogP contribution is -2.11. The molecule has 2 aromatic rings. The Morgan fingerprint density at radius 1 is 1.15 bits per heavy atom. The number of benzene rings is 1. The molecule has 1 aromatic heterocycles. The second-order valence-corrected chi connectivity index (χ2v) is 6.11. The number of nitrogen functional groups attached to an aromatic ring is 1. The number of nitrogens with zero attached hydrogens (tertiary/aromatic N) is 1. The van der Waals surface area contributed by atoms with Gasteiger partial charge in [-0.1, -0.05) is 39.0 Å². The third kappa shape index (κ3) is 3.50. The number of aromatic nitrogens is 1. The summed E-state index contributed by atoms with van der Waals surface area (Å²) < 4.78 is 5.85. The quantitative estimate of drug-likeness (QED) is 0.921. The smallest absolute Gasteiger partial charge is 0.123 e. The highest BCUT2D eigenvalue weighted by Gasteiger charge is 2.14. The van der Waals surface area contributed by atoms with Crippen molar-refractivity contribution < 1.29 is 4.74 Å². The van der Waals surface area contributed by atoms with Crippen LogP contribution in [0.1, 0.15) is 37.5 Å². The highest BCUT2D eigenvalue weighted by Crippen LogP contribution is 2.27. The molecular formula is C17H22N2O. The predicted molar refractivity (Wildman–Crippen MR) is 82.9 cm³/mol. The van der Waals surface area contributed by atoms with Crippen molar-refractivity contribution in [3.05, 3.63) is 53.2 Å². The van der Waals surface area contributed by atoms with E-state index in [2.05, 4.69) is 44.8 Å². The average molecular weight is 270 g/mol. The van der Waals surface area contributed by atoms with Crippen LogP contribution in [0.15, 0.2) is 36.5 Å². The third-order valence-electron chi connectivity index (χ3n) is 3.28. The highest BCUT2D eigenvalue weighted by molar-refractivity contribution is 5.39. The van der Waals surface area contributed by atoms with Crippen LogP contribution < -0.4 is 10.5 Å². The van der Waals surface area contributed by atoms with Gasteiger partial charge in [0.1, 0.15) is 18.2 Å². The maximum atomic E-state index is 5.85. The molecule has 3 heteroatoms. The fraction of sp³-hybridized carbons (Fsp3) is 0.353. The molecule has 0 atom stereocenters. The van der Waals surface area contributed by atoms with E-state index in [-0.39, 0.29) is 5.41 Å². The number of ether oxygens (including phenoxy) is 1. The number of pyridine rings is 1. The highest BCUT2D eigenvalue weighted by atomic mass is 16.5. The lowest BCUT2D eigenvalue weighted by molar-refractivity contribution is 0.303. The van der Waals surface area contributed by atoms with E-state index in [9.17, 15) is 0 Å². The molecular weight excluding hydrogens is 248 g/mol. The van der Waals surface area contributed by atoms with Crippen molar-refractivity contribution in [1.29, 1.82) is 0 Å². The Labute approximate surface area is 120 Å². The fourth-order valence-corrected chi connectivity index (χ4v) is 1.96. The lowest BCUT2D eigenvalue weighted by atomic mass is 9.86. The SMILES string of the molecule is Cc1cc(C(C)(C)C)ccc1OCc1ccc(N)nc1. The van der Waals surface area contributed by atoms with Gasteiger partial charge < -0.3 is 10.5 Å². The van der Waals surface area contributed by atoms with Gasteiger partial charge >= 0.3 is 0 Å². The number of aryl methyl sites for hydroxylation is 1. The second kappa shape index (κ2) is 5.53. The average Bonchev–Trinajstić information content (AvgIpc) is 2.38. The summed E-state index contributed by atoms with van der Waals surface area (Å²) in [7, 11) is 0. The van der Waals surface area contributed by atoms with Crippen LogP contribution in [0.5, 0.6) is 5.75 Å². The van der Waals surface area contributed by atoms with Gasteiger partial charge in [-0.25, -0.2) is 4.98 Å². The van der Waals surface area contributed by atoms with Gasteiger partial charge in [0.2, 0.25) is 0 Å². The summed E-state index contributed by atoms with van der Waals surface area (Å²) >= 11 is 0. The molecule has 0 spiro atoms. The normalized spacial score (nSPS) is 11.4. The zero-order chi connectivity index (χ0) is 14.8. The minimum atomic E-state index is 0.157. The van der Waals surface area contributed by atoms with E-state index in [1.165, 1.54) is 5.56 Å². The summed E-state index contributed by atoms with van der Waals surface area (Å²) in [6, 6.07) is 10.1. The number of hydrogen-bond acceptors (Lipinski definition) is 3. The molecule has 106 valence electrons. The molecule has 0 bridgehead atoms. The van der Waals surface area contributed by atoms with Crippen molar-refractivity contribution >= 4 is 5.82 Å². The van der Waals surface area contributed by atoms with Crippen LogP contribution in [0.3, 0.4) is 0 Å². The summed E-state index contributed by atoms with van der Waals surface area (Å²) in [4.78, 5) is 4.06. The lowest BCUT2D eigenvalue weighted by Gasteiger charge is -2.20. The molecule has 0 aliphatic heterocycles. The van der Waals surface area contributed by atoms with Gasteiger partial charge in [0.25, 0.3) is 0 Å². The van der Waals surface area contributed by atoms with Crippen LogP contribution in [0, 0.1) is 6.92 Å². The van der Waals surface area contributed by atoms with Crippen LogP contribution in [-0.4, -0.2) is 4.98 Å². The van der Waals surface area contributed by atoms with Gasteiger partial charge in [0, 0.05) is 11.8 Å². The standard InChI is InChI=1S/C17H22N2O/c1-12-9-14(17(2,3)4)6-7-15(12)20-11-13-5-8-16(18)19-10-13/h5-10H,11H2,1-4H3,(H2,18,19). The van der Waals surface area contributed by atoms with Crippen molar-refractivity contribution in [2.75, 3.05) is 5.73 Å². The van der Waals surface area contributed by atoms with Gasteiger partial charge in [-0.3, -0.25) is 0 Å². The summed E-state index contributed by atoms with van der Waals surface area (Å²) in [5.41, 5.74) is 9.20. The van der Waals surface area contributed by atoms with E-state index in [1.54, 1.807) is 12.3 Å². The molecule has 1 heterocycles. The van der Waals surface area contributed by atoms with E-state index in [0.717, 1.165) is 16.9 Å². The summed E-state index contributed by atoms with van der Waals surface area (Å²) in [6.07, 6.45) is 1.74. The maximum Gasteiger partial charge on any atom is 0.123 e. The monoisotopic (exact) mass is 270 g/mol. The van der Waals surface area contributed by atoms with Crippen molar-refractivity contribution in [3.63, 3.8) is 0 Å². The molecule has 0 radical (unpaired) electrons. The summed E-state index contributed by atoms with van der Waals surface area (Å²) in [5, 5.41) is 0. The van der Waals surface area contributed by atoms with Crippen molar-refractivity contribution in [1.82, 2.24) is 4.98 Å². The summed E-state index contributed by atoms with van der Waals surface area (Å²) in [6.45, 7) is 9.21. The molecule has 1 aromatic carbocycles. The number of rotatable bonds is 3. The first-order valence-electron chi connectivity index (χ1n) is 6.80. The molecule has 2 rings (SSSR count). The van der Waals surface area contributed by atoms with E-state index < -0.39 is 0 Å². The molecule has 0 saturated heterocycles. The summed E-state index contributed by atoms with van der Waals surface area (Å²) in [5.74, 6) is 1.44. The van der Waals surface area contributed by atoms with Crippen molar-refractivity contribution in [2.45, 2.75) is 39.7 Å². The number of hydrogen-bond donors (Lipinski definition) is 1. The molecule has 0 saturated carbocycles. The van der Waals surface area contributed by atoms with Crippen LogP contribution >= 0.6 is 0 Å². The number of nitrogens with two attached hydrogens (primary N) is 1. The molecule has 0 amide bonds. The first kappa shape index (κ1) is 14.4. The van der Waals surface area contributed by atoms with E-state index in [1.807, 2.05) is 12.1 Å². The Bertz CT molecular complexity index is 583. The fourth-order valence-electron chi connectivity index (χ4n) is 1.96. The van der Waals surface area contributed by atoms with E-state index in [0.29, 0.717) is 12.4 Å². The van der Waals surface area contributed by atoms with Crippen LogP contribution in [0.4, 0.5) is 5.82 Å². The van der Waals surface area contributed by atoms with Crippen LogP contribution in [0.25, 0.3) is 0 Å². The Balaban J connectivity index is 2.08. The second-order valence-electron chi connectivity index (χ2n) is 6.11. The van der Waals surface area contributed by atoms with Gasteiger partial charge in [-0.2, -0.15) is 0 Å². The number of anilines is 1. The Hall–Kier alpha value is -2.03. The van der Waals surface area contributed by atoms with E-state index >= 15 is 0 Å². The third-order valence-corrected chi connectivity index (χ3v) is 3.28. The molecule has 0 unspecified atom stereocenters. The predicted octanol–water partition coefficient (Wildman–Crippen LogP) is 3.85. The minimum Gasteiger partial charge on any atom is -0.489 e. The Morgan fingerprint density at radius 2 is 1.90 bits per heavy atom. The zero-order valence-corrected chi connectivity index (χ0v) is 12.6. The zero-order valence-electron chi connectivity index (χ0n) is 12.6. The first-order chi connectivity index (χ1) is 9.36. The maximum absolute atomic E-state index is 5.85. The molecule has 0 aliphatic rings. The van der Waals surface area contributed by atoms with Crippen LogP contribution in [-0.2, 0) is 12.0 Å². The van der Waals surface area contributed by atoms with E-state index in [4.69, 9.17) is 10.5 Å². The van der Waals surface area contributed by atoms with Crippen molar-refractivity contribution in [3.8, 4) is 5.75 Å². The molecule has 3 nitrogen and oxygen atoms in total. The molecule has 20 heavy (non-hydrogen) atoms. The van der Waals surface area contributed by atoms with Gasteiger partial charge in [0.05, 0.1) is 0 Å². The van der Waals surface area contributed by atoms with Gasteiger partial charge in [-0.15, -0.1) is 0 Å². The minimum absolute atomic E-state index is 0.157. The van der Waals surface area contributed by atoms with Gasteiger partial charge in [-0.05, 0) is 35.6 Å². The Morgan fingerprint density at radius 3 is 2.45 bits per heavy atom. The first-order valence-corrected chi connectivity index (χ1v) is 6.80. The molecule has 0 aliphatic carbocycles. The largest absolute Gasteiger partial charge is 0.489 e. The Kier molecular flexibility index (Phi) is 3.98. The van der Waals surface area contributed by atoms with Crippen LogP contribution in [0.2, 0.25) is 0 Å².